The van der Waals surface area contributed by atoms with E-state index >= 15 is 0 Å². The lowest BCUT2D eigenvalue weighted by Crippen LogP contribution is -2.66. The van der Waals surface area contributed by atoms with Gasteiger partial charge < -0.3 is 8.98 Å². The molecule has 272 valence electrons. The molecule has 0 amide bonds. The predicted molar refractivity (Wildman–Crippen MR) is 243 cm³/mol. The van der Waals surface area contributed by atoms with Crippen LogP contribution in [-0.4, -0.2) is 12.6 Å². The summed E-state index contributed by atoms with van der Waals surface area (Å²) in [6, 6.07) is 69.9. The van der Waals surface area contributed by atoms with E-state index < -0.39 is 8.07 Å². The second-order valence-electron chi connectivity index (χ2n) is 14.9. The van der Waals surface area contributed by atoms with Crippen LogP contribution >= 0.6 is 0 Å². The number of rotatable bonds is 4. The Hall–Kier alpha value is -8.14. The Labute approximate surface area is 341 Å². The molecule has 5 heteroatoms. The van der Waals surface area contributed by atoms with E-state index in [0.717, 1.165) is 76.5 Å². The fourth-order valence-electron chi connectivity index (χ4n) is 9.09. The van der Waals surface area contributed by atoms with E-state index in [4.69, 9.17) is 4.42 Å². The van der Waals surface area contributed by atoms with Crippen molar-refractivity contribution in [1.29, 1.82) is 10.5 Å². The van der Waals surface area contributed by atoms with Crippen LogP contribution in [0.15, 0.2) is 192 Å². The number of hydrogen-bond acceptors (Lipinski definition) is 3. The van der Waals surface area contributed by atoms with Crippen LogP contribution in [0.25, 0.3) is 71.0 Å². The predicted octanol–water partition coefficient (Wildman–Crippen LogP) is 10.8. The molecule has 0 N–H and O–H groups in total. The zero-order chi connectivity index (χ0) is 39.5. The second kappa shape index (κ2) is 13.5. The highest BCUT2D eigenvalue weighted by Gasteiger charge is 2.39. The molecular formula is C54H31N3OSi. The number of furan rings is 1. The number of nitriles is 2. The monoisotopic (exact) mass is 765 g/mol. The van der Waals surface area contributed by atoms with Gasteiger partial charge in [0.05, 0.1) is 40.0 Å². The topological polar surface area (TPSA) is 65.7 Å². The van der Waals surface area contributed by atoms with Gasteiger partial charge in [-0.1, -0.05) is 139 Å². The molecule has 2 aromatic heterocycles. The van der Waals surface area contributed by atoms with E-state index in [1.165, 1.54) is 15.6 Å². The first-order valence-corrected chi connectivity index (χ1v) is 21.5. The van der Waals surface area contributed by atoms with E-state index in [9.17, 15) is 10.5 Å². The third-order valence-electron chi connectivity index (χ3n) is 11.7. The molecule has 0 radical (unpaired) electrons. The van der Waals surface area contributed by atoms with E-state index in [1.807, 2.05) is 48.5 Å². The summed E-state index contributed by atoms with van der Waals surface area (Å²) in [6.07, 6.45) is 0. The Morgan fingerprint density at radius 2 is 0.898 bits per heavy atom. The van der Waals surface area contributed by atoms with Crippen molar-refractivity contribution in [3.8, 4) is 29.3 Å². The molecular weight excluding hydrogens is 735 g/mol. The van der Waals surface area contributed by atoms with Gasteiger partial charge in [-0.3, -0.25) is 0 Å². The van der Waals surface area contributed by atoms with Crippen molar-refractivity contribution in [1.82, 2.24) is 4.57 Å². The van der Waals surface area contributed by atoms with Crippen molar-refractivity contribution < 1.29 is 4.42 Å². The minimum atomic E-state index is -3.08. The van der Waals surface area contributed by atoms with Crippen LogP contribution in [0, 0.1) is 34.1 Å². The third kappa shape index (κ3) is 5.22. The smallest absolute Gasteiger partial charge is 0.230 e. The first-order chi connectivity index (χ1) is 29.2. The van der Waals surface area contributed by atoms with Crippen molar-refractivity contribution in [2.45, 2.75) is 0 Å². The number of benzene rings is 9. The minimum Gasteiger partial charge on any atom is -0.456 e. The molecule has 0 unspecified atom stereocenters. The lowest BCUT2D eigenvalue weighted by atomic mass is 9.95. The van der Waals surface area contributed by atoms with Crippen LogP contribution in [0.5, 0.6) is 0 Å². The Balaban J connectivity index is 1.24. The number of nitrogens with zero attached hydrogens (tertiary/aromatic N) is 3. The summed E-state index contributed by atoms with van der Waals surface area (Å²) < 4.78 is 8.62. The molecule has 0 saturated heterocycles. The van der Waals surface area contributed by atoms with Crippen molar-refractivity contribution >= 4 is 88.9 Å². The van der Waals surface area contributed by atoms with Crippen LogP contribution in [0.1, 0.15) is 16.7 Å². The normalized spacial score (nSPS) is 11.6. The highest BCUT2D eigenvalue weighted by molar-refractivity contribution is 7.17. The lowest BCUT2D eigenvalue weighted by molar-refractivity contribution is 0.669. The van der Waals surface area contributed by atoms with Crippen LogP contribution in [-0.2, 0) is 0 Å². The van der Waals surface area contributed by atoms with Gasteiger partial charge in [0, 0.05) is 48.7 Å². The molecule has 0 saturated carbocycles. The molecule has 2 heterocycles. The largest absolute Gasteiger partial charge is 0.456 e. The van der Waals surface area contributed by atoms with E-state index in [2.05, 4.69) is 168 Å². The first-order valence-electron chi connectivity index (χ1n) is 19.5. The highest BCUT2D eigenvalue weighted by atomic mass is 28.3. The van der Waals surface area contributed by atoms with Crippen LogP contribution in [0.4, 0.5) is 0 Å². The number of para-hydroxylation sites is 1. The maximum atomic E-state index is 9.89. The lowest BCUT2D eigenvalue weighted by Gasteiger charge is -2.28. The summed E-state index contributed by atoms with van der Waals surface area (Å²) in [5.74, 6) is 3.93. The van der Waals surface area contributed by atoms with Gasteiger partial charge in [0.25, 0.3) is 0 Å². The molecule has 0 bridgehead atoms. The van der Waals surface area contributed by atoms with Gasteiger partial charge in [0.15, 0.2) is 0 Å². The molecule has 11 aromatic rings. The van der Waals surface area contributed by atoms with Gasteiger partial charge >= 0.3 is 0 Å². The van der Waals surface area contributed by atoms with Crippen LogP contribution < -0.4 is 15.6 Å². The molecule has 4 nitrogen and oxygen atoms in total. The van der Waals surface area contributed by atoms with E-state index in [0.29, 0.717) is 11.1 Å². The summed E-state index contributed by atoms with van der Waals surface area (Å²) in [6.45, 7) is 0. The van der Waals surface area contributed by atoms with Crippen molar-refractivity contribution in [3.05, 3.63) is 205 Å². The fourth-order valence-corrected chi connectivity index (χ4v) is 12.9. The van der Waals surface area contributed by atoms with Gasteiger partial charge in [-0.25, -0.2) is 0 Å². The van der Waals surface area contributed by atoms with Crippen molar-refractivity contribution in [2.24, 2.45) is 0 Å². The number of aromatic nitrogens is 1. The van der Waals surface area contributed by atoms with Gasteiger partial charge in [0.1, 0.15) is 11.2 Å². The Morgan fingerprint density at radius 3 is 1.46 bits per heavy atom. The summed E-state index contributed by atoms with van der Waals surface area (Å²) in [4.78, 5) is 0. The molecule has 59 heavy (non-hydrogen) atoms. The first kappa shape index (κ1) is 34.1. The minimum absolute atomic E-state index is 0.573. The molecule has 0 aliphatic carbocycles. The van der Waals surface area contributed by atoms with Gasteiger partial charge in [-0.15, -0.1) is 5.54 Å². The van der Waals surface area contributed by atoms with Gasteiger partial charge in [-0.2, -0.15) is 10.5 Å². The fraction of sp³-hybridized carbons (Fsp3) is 0. The van der Waals surface area contributed by atoms with Crippen molar-refractivity contribution in [3.63, 3.8) is 0 Å². The summed E-state index contributed by atoms with van der Waals surface area (Å²) in [7, 11) is -3.08. The summed E-state index contributed by atoms with van der Waals surface area (Å²) in [5.41, 5.74) is 10.9. The van der Waals surface area contributed by atoms with Gasteiger partial charge in [-0.05, 0) is 70.2 Å². The molecule has 11 rings (SSSR count). The highest BCUT2D eigenvalue weighted by Crippen LogP contribution is 2.41. The van der Waals surface area contributed by atoms with Crippen LogP contribution in [0.3, 0.4) is 0 Å². The maximum absolute atomic E-state index is 9.89. The average Bonchev–Trinajstić information content (AvgIpc) is 3.84. The average molecular weight is 766 g/mol. The molecule has 9 aromatic carbocycles. The molecule has 0 aliphatic heterocycles. The Morgan fingerprint density at radius 1 is 0.407 bits per heavy atom. The molecule has 0 aliphatic rings. The standard InChI is InChI=1S/C54H31N3OSi/c55-34-36-23-26-50-47(31-36)48-32-37(35-56)24-27-51(48)57(50)54-45-20-9-7-17-41(45)43(42-18-8-10-21-46(42)54)29-30-59(38-13-3-1-4-14-38,39-15-5-2-6-16-39)40-25-28-53-49(33-40)44-19-11-12-22-52(44)58-53/h1-28,31-33H. The quantitative estimate of drug-likeness (QED) is 0.0776. The zero-order valence-electron chi connectivity index (χ0n) is 31.6. The molecule has 0 spiro atoms. The number of hydrogen-bond donors (Lipinski definition) is 0. The van der Waals surface area contributed by atoms with Crippen molar-refractivity contribution in [2.75, 3.05) is 0 Å². The summed E-state index contributed by atoms with van der Waals surface area (Å²) in [5, 5.41) is 31.6. The Bertz CT molecular complexity index is 3480. The number of fused-ring (bicyclic) bond motifs is 8. The third-order valence-corrected chi connectivity index (χ3v) is 15.8. The van der Waals surface area contributed by atoms with E-state index in [-0.39, 0.29) is 0 Å². The van der Waals surface area contributed by atoms with Gasteiger partial charge in [0.2, 0.25) is 8.07 Å². The summed E-state index contributed by atoms with van der Waals surface area (Å²) >= 11 is 0. The maximum Gasteiger partial charge on any atom is 0.230 e. The SMILES string of the molecule is N#Cc1ccc2c(c1)c1cc(C#N)ccc1n2-c1c2ccccc2c(C#C[Si](c2ccccc2)(c2ccccc2)c2ccc3oc4ccccc4c3c2)c2ccccc12. The Kier molecular flexibility index (Phi) is 7.82. The van der Waals surface area contributed by atoms with Crippen LogP contribution in [0.2, 0.25) is 0 Å². The van der Waals surface area contributed by atoms with E-state index in [1.54, 1.807) is 0 Å². The zero-order valence-corrected chi connectivity index (χ0v) is 32.6. The second-order valence-corrected chi connectivity index (χ2v) is 18.4. The molecule has 0 atom stereocenters. The molecule has 0 fully saturated rings.